The third kappa shape index (κ3) is 8.60. The summed E-state index contributed by atoms with van der Waals surface area (Å²) < 4.78 is 17.3. The molecule has 2 N–H and O–H groups in total. The number of nitrogens with zero attached hydrogens (tertiary/aromatic N) is 4. The standard InChI is InChI=1S/C40H46N6O7S/c1-24(23-54-26(3)47)39(50)45-18-9-12-32(45)38(49)43-37-30-20-34(51-4)35(52-5)21-31(30)42-40(44-37)46-19-17-41-22-33(46)36(48)28-13-15-29(16-14-28)53-25(2)27-10-7-6-8-11-27/h6-8,10-11,13-16,20-21,24-25,32-33,41H,9,12,17-19,22-23H2,1-5H3,(H,42,43,44,49)/t24?,25?,32-,33?/m0/s1. The van der Waals surface area contributed by atoms with E-state index in [1.165, 1.54) is 21.1 Å². The number of carbonyl (C=O) groups is 4. The molecule has 0 spiro atoms. The Labute approximate surface area is 319 Å². The minimum atomic E-state index is -0.716. The number of nitrogens with one attached hydrogen (secondary N) is 2. The number of carbonyl (C=O) groups excluding carboxylic acids is 4. The quantitative estimate of drug-likeness (QED) is 0.171. The summed E-state index contributed by atoms with van der Waals surface area (Å²) in [5.74, 6) is 1.23. The predicted molar refractivity (Wildman–Crippen MR) is 209 cm³/mol. The zero-order valence-electron chi connectivity index (χ0n) is 31.2. The van der Waals surface area contributed by atoms with Crippen molar-refractivity contribution < 1.29 is 33.4 Å². The Morgan fingerprint density at radius 3 is 2.37 bits per heavy atom. The van der Waals surface area contributed by atoms with Gasteiger partial charge in [-0.1, -0.05) is 49.0 Å². The minimum absolute atomic E-state index is 0.0611. The first kappa shape index (κ1) is 38.5. The summed E-state index contributed by atoms with van der Waals surface area (Å²) >= 11 is 1.10. The van der Waals surface area contributed by atoms with E-state index < -0.39 is 18.0 Å². The molecule has 3 aromatic carbocycles. The molecule has 54 heavy (non-hydrogen) atoms. The molecule has 13 nitrogen and oxygen atoms in total. The first-order valence-corrected chi connectivity index (χ1v) is 19.1. The molecule has 0 saturated carbocycles. The van der Waals surface area contributed by atoms with Gasteiger partial charge in [-0.15, -0.1) is 0 Å². The number of hydrogen-bond donors (Lipinski definition) is 2. The lowest BCUT2D eigenvalue weighted by atomic mass is 10.0. The van der Waals surface area contributed by atoms with Gasteiger partial charge in [0.1, 0.15) is 29.8 Å². The van der Waals surface area contributed by atoms with Gasteiger partial charge < -0.3 is 34.6 Å². The molecule has 284 valence electrons. The third-order valence-corrected chi connectivity index (χ3v) is 10.8. The fourth-order valence-corrected chi connectivity index (χ4v) is 7.46. The van der Waals surface area contributed by atoms with Gasteiger partial charge in [-0.3, -0.25) is 19.2 Å². The van der Waals surface area contributed by atoms with E-state index >= 15 is 0 Å². The van der Waals surface area contributed by atoms with E-state index in [0.29, 0.717) is 78.5 Å². The maximum Gasteiger partial charge on any atom is 0.248 e. The Hall–Kier alpha value is -5.21. The lowest BCUT2D eigenvalue weighted by molar-refractivity contribution is -0.139. The second-order valence-corrected chi connectivity index (χ2v) is 14.6. The second kappa shape index (κ2) is 17.3. The maximum absolute atomic E-state index is 14.1. The van der Waals surface area contributed by atoms with Crippen LogP contribution in [0.3, 0.4) is 0 Å². The molecule has 6 rings (SSSR count). The third-order valence-electron chi connectivity index (χ3n) is 9.75. The van der Waals surface area contributed by atoms with E-state index in [2.05, 4.69) is 10.6 Å². The molecule has 0 bridgehead atoms. The van der Waals surface area contributed by atoms with Crippen LogP contribution in [0.1, 0.15) is 55.6 Å². The van der Waals surface area contributed by atoms with E-state index in [4.69, 9.17) is 24.2 Å². The van der Waals surface area contributed by atoms with Crippen LogP contribution in [0.25, 0.3) is 10.9 Å². The number of methoxy groups -OCH3 is 2. The number of amides is 2. The van der Waals surface area contributed by atoms with Crippen LogP contribution in [0.4, 0.5) is 11.8 Å². The van der Waals surface area contributed by atoms with Crippen LogP contribution in [0, 0.1) is 5.92 Å². The van der Waals surface area contributed by atoms with Crippen molar-refractivity contribution in [3.8, 4) is 17.2 Å². The lowest BCUT2D eigenvalue weighted by Crippen LogP contribution is -2.55. The number of piperazine rings is 1. The summed E-state index contributed by atoms with van der Waals surface area (Å²) in [4.78, 5) is 66.2. The summed E-state index contributed by atoms with van der Waals surface area (Å²) in [5, 5.41) is 6.77. The fraction of sp³-hybridized carbons (Fsp3) is 0.400. The Bertz CT molecular complexity index is 2000. The molecule has 3 heterocycles. The molecule has 2 fully saturated rings. The highest BCUT2D eigenvalue weighted by molar-refractivity contribution is 8.13. The van der Waals surface area contributed by atoms with Gasteiger partial charge in [-0.2, -0.15) is 4.98 Å². The Kier molecular flexibility index (Phi) is 12.3. The van der Waals surface area contributed by atoms with Gasteiger partial charge in [0.05, 0.1) is 19.7 Å². The summed E-state index contributed by atoms with van der Waals surface area (Å²) in [6.07, 6.45) is 0.989. The smallest absolute Gasteiger partial charge is 0.248 e. The van der Waals surface area contributed by atoms with Crippen LogP contribution in [0.15, 0.2) is 66.7 Å². The number of likely N-dealkylation sites (tertiary alicyclic amines) is 1. The van der Waals surface area contributed by atoms with Crippen LogP contribution >= 0.6 is 11.8 Å². The van der Waals surface area contributed by atoms with Crippen molar-refractivity contribution in [3.63, 3.8) is 0 Å². The molecular weight excluding hydrogens is 709 g/mol. The topological polar surface area (TPSA) is 152 Å². The lowest BCUT2D eigenvalue weighted by Gasteiger charge is -2.35. The summed E-state index contributed by atoms with van der Waals surface area (Å²) in [5.41, 5.74) is 2.03. The van der Waals surface area contributed by atoms with Crippen molar-refractivity contribution in [2.75, 3.05) is 56.4 Å². The number of benzene rings is 3. The summed E-state index contributed by atoms with van der Waals surface area (Å²) in [6.45, 7) is 7.04. The van der Waals surface area contributed by atoms with Crippen LogP contribution < -0.4 is 29.7 Å². The fourth-order valence-electron chi connectivity index (χ4n) is 6.83. The molecule has 0 aliphatic carbocycles. The van der Waals surface area contributed by atoms with Crippen molar-refractivity contribution in [1.82, 2.24) is 20.2 Å². The maximum atomic E-state index is 14.1. The summed E-state index contributed by atoms with van der Waals surface area (Å²) in [7, 11) is 3.05. The Balaban J connectivity index is 1.28. The molecule has 1 aromatic heterocycles. The molecule has 3 unspecified atom stereocenters. The van der Waals surface area contributed by atoms with E-state index in [1.54, 1.807) is 48.2 Å². The van der Waals surface area contributed by atoms with Gasteiger partial charge >= 0.3 is 0 Å². The largest absolute Gasteiger partial charge is 0.493 e. The zero-order chi connectivity index (χ0) is 38.4. The van der Waals surface area contributed by atoms with E-state index in [1.807, 2.05) is 42.2 Å². The number of ether oxygens (including phenoxy) is 3. The normalized spacial score (nSPS) is 18.2. The van der Waals surface area contributed by atoms with Crippen molar-refractivity contribution in [1.29, 1.82) is 0 Å². The van der Waals surface area contributed by atoms with Crippen molar-refractivity contribution in [2.24, 2.45) is 5.92 Å². The minimum Gasteiger partial charge on any atom is -0.493 e. The molecule has 2 aliphatic rings. The molecule has 4 atom stereocenters. The molecule has 14 heteroatoms. The van der Waals surface area contributed by atoms with Crippen molar-refractivity contribution >= 4 is 57.1 Å². The summed E-state index contributed by atoms with van der Waals surface area (Å²) in [6, 6.07) is 19.1. The van der Waals surface area contributed by atoms with Gasteiger partial charge in [0, 0.05) is 61.8 Å². The molecular formula is C40H46N6O7S. The molecule has 0 radical (unpaired) electrons. The van der Waals surface area contributed by atoms with Crippen LogP contribution in [0.2, 0.25) is 0 Å². The average molecular weight is 755 g/mol. The average Bonchev–Trinajstić information content (AvgIpc) is 3.70. The highest BCUT2D eigenvalue weighted by atomic mass is 32.2. The van der Waals surface area contributed by atoms with Crippen molar-refractivity contribution in [2.45, 2.75) is 51.8 Å². The Morgan fingerprint density at radius 2 is 1.67 bits per heavy atom. The number of rotatable bonds is 13. The highest BCUT2D eigenvalue weighted by Gasteiger charge is 2.37. The van der Waals surface area contributed by atoms with Gasteiger partial charge in [0.2, 0.25) is 17.8 Å². The van der Waals surface area contributed by atoms with Gasteiger partial charge in [0.25, 0.3) is 0 Å². The first-order chi connectivity index (χ1) is 26.1. The van der Waals surface area contributed by atoms with Crippen molar-refractivity contribution in [3.05, 3.63) is 77.9 Å². The second-order valence-electron chi connectivity index (χ2n) is 13.5. The Morgan fingerprint density at radius 1 is 0.944 bits per heavy atom. The van der Waals surface area contributed by atoms with E-state index in [9.17, 15) is 19.2 Å². The number of fused-ring (bicyclic) bond motifs is 1. The van der Waals surface area contributed by atoms with Gasteiger partial charge in [0.15, 0.2) is 22.4 Å². The van der Waals surface area contributed by atoms with Crippen LogP contribution in [-0.2, 0) is 14.4 Å². The number of aromatic nitrogens is 2. The van der Waals surface area contributed by atoms with Crippen LogP contribution in [0.5, 0.6) is 17.2 Å². The monoisotopic (exact) mass is 754 g/mol. The molecule has 2 saturated heterocycles. The van der Waals surface area contributed by atoms with Gasteiger partial charge in [-0.25, -0.2) is 4.98 Å². The highest BCUT2D eigenvalue weighted by Crippen LogP contribution is 2.36. The first-order valence-electron chi connectivity index (χ1n) is 18.1. The molecule has 4 aromatic rings. The van der Waals surface area contributed by atoms with E-state index in [0.717, 1.165) is 17.3 Å². The SMILES string of the molecule is COc1cc2nc(N3CCNCC3C(=O)c3ccc(OC(C)c4ccccc4)cc3)nc(NC(=O)[C@@H]3CCCN3C(=O)C(C)CSC(C)=O)c2cc1OC. The molecule has 2 amide bonds. The number of ketones is 1. The van der Waals surface area contributed by atoms with Crippen LogP contribution in [-0.4, -0.2) is 95.8 Å². The number of thioether (sulfide) groups is 1. The number of Topliss-reactive ketones (excluding diaryl/α,β-unsaturated/α-hetero) is 1. The molecule has 2 aliphatic heterocycles. The number of hydrogen-bond acceptors (Lipinski definition) is 12. The van der Waals surface area contributed by atoms with E-state index in [-0.39, 0.29) is 40.6 Å². The van der Waals surface area contributed by atoms with Gasteiger partial charge in [-0.05, 0) is 55.7 Å². The number of anilines is 2. The predicted octanol–water partition coefficient (Wildman–Crippen LogP) is 5.29. The zero-order valence-corrected chi connectivity index (χ0v) is 32.0.